The molecule has 22 heavy (non-hydrogen) atoms. The number of amides is 2. The maximum atomic E-state index is 12.5. The fourth-order valence-corrected chi connectivity index (χ4v) is 4.43. The summed E-state index contributed by atoms with van der Waals surface area (Å²) in [5.74, 6) is -0.312. The lowest BCUT2D eigenvalue weighted by atomic mass is 10.0. The normalized spacial score (nSPS) is 23.6. The van der Waals surface area contributed by atoms with Crippen molar-refractivity contribution in [3.05, 3.63) is 57.3 Å². The lowest BCUT2D eigenvalue weighted by Crippen LogP contribution is -3.14. The zero-order valence-electron chi connectivity index (χ0n) is 12.3. The summed E-state index contributed by atoms with van der Waals surface area (Å²) in [5.41, 5.74) is 2.43. The molecule has 0 bridgehead atoms. The van der Waals surface area contributed by atoms with Crippen LogP contribution < -0.4 is 4.90 Å². The Balaban J connectivity index is 1.58. The van der Waals surface area contributed by atoms with Crippen LogP contribution in [-0.2, 0) is 6.42 Å². The van der Waals surface area contributed by atoms with Gasteiger partial charge < -0.3 is 4.90 Å². The monoisotopic (exact) mass is 313 g/mol. The van der Waals surface area contributed by atoms with Crippen LogP contribution in [0.2, 0.25) is 0 Å². The molecule has 1 aromatic carbocycles. The number of hydrogen-bond acceptors (Lipinski definition) is 3. The molecule has 1 aromatic heterocycles. The number of thiophene rings is 1. The lowest BCUT2D eigenvalue weighted by molar-refractivity contribution is -0.938. The van der Waals surface area contributed by atoms with Gasteiger partial charge in [-0.25, -0.2) is 4.90 Å². The van der Waals surface area contributed by atoms with E-state index in [1.807, 2.05) is 12.1 Å². The first kappa shape index (κ1) is 13.7. The van der Waals surface area contributed by atoms with Crippen LogP contribution in [0.4, 0.5) is 0 Å². The van der Waals surface area contributed by atoms with Crippen LogP contribution in [0.25, 0.3) is 0 Å². The Hall–Kier alpha value is -1.98. The average Bonchev–Trinajstić information content (AvgIpc) is 3.10. The minimum Gasteiger partial charge on any atom is -0.311 e. The first-order valence-electron chi connectivity index (χ1n) is 7.53. The second-order valence-corrected chi connectivity index (χ2v) is 6.92. The van der Waals surface area contributed by atoms with Crippen molar-refractivity contribution < 1.29 is 14.5 Å². The number of carbonyl (C=O) groups excluding carboxylic acids is 2. The molecule has 0 spiro atoms. The summed E-state index contributed by atoms with van der Waals surface area (Å²) in [6.07, 6.45) is 1.02. The Labute approximate surface area is 133 Å². The highest BCUT2D eigenvalue weighted by Crippen LogP contribution is 2.25. The van der Waals surface area contributed by atoms with Gasteiger partial charge in [0.2, 0.25) is 0 Å². The standard InChI is InChI=1S/C17H16N2O2S/c1-11-12-7-9-22-15(12)6-8-18(11)10-19-16(20)13-4-2-3-5-14(13)17(19)21/h2-5,7,9,11H,6,8,10H2,1H3/p+1/t11-/m0/s1. The van der Waals surface area contributed by atoms with E-state index in [1.165, 1.54) is 20.2 Å². The number of quaternary nitrogens is 1. The summed E-state index contributed by atoms with van der Waals surface area (Å²) < 4.78 is 0. The SMILES string of the molecule is C[C@H]1c2ccsc2CC[NH+]1CN1C(=O)c2ccccc2C1=O. The molecule has 2 aliphatic heterocycles. The van der Waals surface area contributed by atoms with Crippen molar-refractivity contribution in [1.82, 2.24) is 4.90 Å². The Bertz CT molecular complexity index is 733. The number of rotatable bonds is 2. The third-order valence-corrected chi connectivity index (χ3v) is 5.77. The van der Waals surface area contributed by atoms with Crippen molar-refractivity contribution in [3.8, 4) is 0 Å². The van der Waals surface area contributed by atoms with Crippen molar-refractivity contribution in [2.45, 2.75) is 19.4 Å². The molecular formula is C17H17N2O2S+. The first-order valence-corrected chi connectivity index (χ1v) is 8.41. The van der Waals surface area contributed by atoms with E-state index < -0.39 is 0 Å². The lowest BCUT2D eigenvalue weighted by Gasteiger charge is -2.32. The molecule has 2 aliphatic rings. The maximum absolute atomic E-state index is 12.5. The van der Waals surface area contributed by atoms with E-state index in [0.29, 0.717) is 23.8 Å². The van der Waals surface area contributed by atoms with Gasteiger partial charge in [-0.15, -0.1) is 11.3 Å². The van der Waals surface area contributed by atoms with Crippen molar-refractivity contribution >= 4 is 23.2 Å². The topological polar surface area (TPSA) is 41.8 Å². The fourth-order valence-electron chi connectivity index (χ4n) is 3.45. The maximum Gasteiger partial charge on any atom is 0.265 e. The van der Waals surface area contributed by atoms with Gasteiger partial charge >= 0.3 is 0 Å². The predicted molar refractivity (Wildman–Crippen MR) is 84.1 cm³/mol. The highest BCUT2D eigenvalue weighted by molar-refractivity contribution is 7.10. The second-order valence-electron chi connectivity index (χ2n) is 5.92. The van der Waals surface area contributed by atoms with Crippen molar-refractivity contribution in [3.63, 3.8) is 0 Å². The second kappa shape index (κ2) is 5.04. The van der Waals surface area contributed by atoms with E-state index in [9.17, 15) is 9.59 Å². The van der Waals surface area contributed by atoms with Crippen LogP contribution in [0.3, 0.4) is 0 Å². The number of benzene rings is 1. The molecule has 0 radical (unpaired) electrons. The number of nitrogens with zero attached hydrogens (tertiary/aromatic N) is 1. The minimum absolute atomic E-state index is 0.156. The van der Waals surface area contributed by atoms with Crippen molar-refractivity contribution in [2.24, 2.45) is 0 Å². The highest BCUT2D eigenvalue weighted by atomic mass is 32.1. The van der Waals surface area contributed by atoms with Crippen molar-refractivity contribution in [1.29, 1.82) is 0 Å². The number of hydrogen-bond donors (Lipinski definition) is 1. The third kappa shape index (κ3) is 1.93. The Morgan fingerprint density at radius 3 is 2.55 bits per heavy atom. The van der Waals surface area contributed by atoms with Crippen LogP contribution in [0, 0.1) is 0 Å². The van der Waals surface area contributed by atoms with Crippen LogP contribution in [0.1, 0.15) is 44.1 Å². The molecule has 4 rings (SSSR count). The molecule has 1 unspecified atom stereocenters. The fraction of sp³-hybridized carbons (Fsp3) is 0.294. The summed E-state index contributed by atoms with van der Waals surface area (Å²) in [6.45, 7) is 3.59. The quantitative estimate of drug-likeness (QED) is 0.854. The first-order chi connectivity index (χ1) is 10.7. The average molecular weight is 313 g/mol. The summed E-state index contributed by atoms with van der Waals surface area (Å²) in [5, 5.41) is 2.13. The number of imide groups is 1. The van der Waals surface area contributed by atoms with E-state index >= 15 is 0 Å². The van der Waals surface area contributed by atoms with E-state index in [0.717, 1.165) is 13.0 Å². The van der Waals surface area contributed by atoms with Gasteiger partial charge in [-0.3, -0.25) is 9.59 Å². The third-order valence-electron chi connectivity index (χ3n) is 4.77. The zero-order valence-corrected chi connectivity index (χ0v) is 13.2. The van der Waals surface area contributed by atoms with Gasteiger partial charge in [0.1, 0.15) is 6.04 Å². The van der Waals surface area contributed by atoms with Gasteiger partial charge in [-0.2, -0.15) is 0 Å². The number of fused-ring (bicyclic) bond motifs is 2. The molecule has 112 valence electrons. The van der Waals surface area contributed by atoms with E-state index in [1.54, 1.807) is 23.5 Å². The Kier molecular flexibility index (Phi) is 3.13. The predicted octanol–water partition coefficient (Wildman–Crippen LogP) is 1.50. The van der Waals surface area contributed by atoms with Crippen LogP contribution in [0.5, 0.6) is 0 Å². The molecule has 1 N–H and O–H groups in total. The van der Waals surface area contributed by atoms with Gasteiger partial charge in [0.15, 0.2) is 6.67 Å². The van der Waals surface area contributed by atoms with Crippen LogP contribution >= 0.6 is 11.3 Å². The molecule has 2 atom stereocenters. The smallest absolute Gasteiger partial charge is 0.265 e. The molecule has 0 saturated carbocycles. The largest absolute Gasteiger partial charge is 0.311 e. The summed E-state index contributed by atoms with van der Waals surface area (Å²) in [7, 11) is 0. The van der Waals surface area contributed by atoms with E-state index in [-0.39, 0.29) is 11.8 Å². The highest BCUT2D eigenvalue weighted by Gasteiger charge is 2.39. The molecule has 0 saturated heterocycles. The van der Waals surface area contributed by atoms with Crippen LogP contribution in [-0.4, -0.2) is 29.9 Å². The zero-order chi connectivity index (χ0) is 15.3. The summed E-state index contributed by atoms with van der Waals surface area (Å²) >= 11 is 1.80. The van der Waals surface area contributed by atoms with Gasteiger partial charge in [0.05, 0.1) is 17.7 Å². The molecule has 5 heteroatoms. The van der Waals surface area contributed by atoms with E-state index in [2.05, 4.69) is 18.4 Å². The Morgan fingerprint density at radius 2 is 1.86 bits per heavy atom. The minimum atomic E-state index is -0.156. The van der Waals surface area contributed by atoms with Crippen molar-refractivity contribution in [2.75, 3.05) is 13.2 Å². The van der Waals surface area contributed by atoms with Gasteiger partial charge in [0.25, 0.3) is 11.8 Å². The molecule has 3 heterocycles. The molecule has 4 nitrogen and oxygen atoms in total. The summed E-state index contributed by atoms with van der Waals surface area (Å²) in [4.78, 5) is 29.1. The van der Waals surface area contributed by atoms with Gasteiger partial charge in [-0.1, -0.05) is 12.1 Å². The molecular weight excluding hydrogens is 296 g/mol. The summed E-state index contributed by atoms with van der Waals surface area (Å²) in [6, 6.07) is 9.58. The molecule has 0 fully saturated rings. The molecule has 2 aromatic rings. The van der Waals surface area contributed by atoms with E-state index in [4.69, 9.17) is 0 Å². The molecule has 2 amide bonds. The Morgan fingerprint density at radius 1 is 1.18 bits per heavy atom. The van der Waals surface area contributed by atoms with Gasteiger partial charge in [-0.05, 0) is 30.5 Å². The number of nitrogens with one attached hydrogen (secondary N) is 1. The molecule has 0 aliphatic carbocycles. The number of carbonyl (C=O) groups is 2. The van der Waals surface area contributed by atoms with Crippen LogP contribution in [0.15, 0.2) is 35.7 Å². The van der Waals surface area contributed by atoms with Gasteiger partial charge in [0, 0.05) is 16.9 Å².